The fourth-order valence-electron chi connectivity index (χ4n) is 2.80. The van der Waals surface area contributed by atoms with Gasteiger partial charge in [-0.2, -0.15) is 0 Å². The van der Waals surface area contributed by atoms with E-state index < -0.39 is 0 Å². The molecule has 3 heteroatoms. The van der Waals surface area contributed by atoms with Crippen LogP contribution in [0.2, 0.25) is 0 Å². The standard InChI is InChI=1S/C12H21N3/c1-3-10-6-4-5-7-11(10)15-9-8-14-12(15)13-2/h8-11H,3-7H2,1-2H3,(H,13,14). The molecule has 1 fully saturated rings. The van der Waals surface area contributed by atoms with E-state index in [1.54, 1.807) is 0 Å². The molecule has 0 aromatic carbocycles. The summed E-state index contributed by atoms with van der Waals surface area (Å²) in [4.78, 5) is 4.33. The lowest BCUT2D eigenvalue weighted by Gasteiger charge is -2.32. The highest BCUT2D eigenvalue weighted by Gasteiger charge is 2.26. The molecule has 3 nitrogen and oxygen atoms in total. The van der Waals surface area contributed by atoms with E-state index in [9.17, 15) is 0 Å². The van der Waals surface area contributed by atoms with Crippen molar-refractivity contribution >= 4 is 5.95 Å². The zero-order valence-electron chi connectivity index (χ0n) is 9.74. The highest BCUT2D eigenvalue weighted by Crippen LogP contribution is 2.37. The number of rotatable bonds is 3. The Balaban J connectivity index is 2.20. The van der Waals surface area contributed by atoms with Crippen molar-refractivity contribution in [2.45, 2.75) is 45.1 Å². The lowest BCUT2D eigenvalue weighted by atomic mass is 9.83. The zero-order valence-corrected chi connectivity index (χ0v) is 9.74. The molecule has 0 spiro atoms. The lowest BCUT2D eigenvalue weighted by molar-refractivity contribution is 0.234. The molecule has 15 heavy (non-hydrogen) atoms. The van der Waals surface area contributed by atoms with Gasteiger partial charge >= 0.3 is 0 Å². The minimum Gasteiger partial charge on any atom is -0.359 e. The Morgan fingerprint density at radius 2 is 2.27 bits per heavy atom. The molecule has 1 aromatic heterocycles. The van der Waals surface area contributed by atoms with Crippen molar-refractivity contribution in [1.82, 2.24) is 9.55 Å². The van der Waals surface area contributed by atoms with Crippen molar-refractivity contribution in [3.63, 3.8) is 0 Å². The van der Waals surface area contributed by atoms with Gasteiger partial charge in [-0.05, 0) is 18.8 Å². The Bertz CT molecular complexity index is 306. The van der Waals surface area contributed by atoms with E-state index in [4.69, 9.17) is 0 Å². The van der Waals surface area contributed by atoms with Crippen LogP contribution in [-0.2, 0) is 0 Å². The van der Waals surface area contributed by atoms with Gasteiger partial charge in [0.15, 0.2) is 0 Å². The van der Waals surface area contributed by atoms with Crippen molar-refractivity contribution in [3.05, 3.63) is 12.4 Å². The molecule has 0 bridgehead atoms. The van der Waals surface area contributed by atoms with Gasteiger partial charge in [0.05, 0.1) is 0 Å². The molecule has 84 valence electrons. The number of anilines is 1. The molecule has 0 saturated heterocycles. The maximum atomic E-state index is 4.33. The third-order valence-electron chi connectivity index (χ3n) is 3.64. The number of hydrogen-bond donors (Lipinski definition) is 1. The van der Waals surface area contributed by atoms with Gasteiger partial charge in [0, 0.05) is 25.5 Å². The van der Waals surface area contributed by atoms with Crippen molar-refractivity contribution in [2.24, 2.45) is 5.92 Å². The normalized spacial score (nSPS) is 26.5. The fourth-order valence-corrected chi connectivity index (χ4v) is 2.80. The van der Waals surface area contributed by atoms with E-state index in [0.717, 1.165) is 11.9 Å². The fraction of sp³-hybridized carbons (Fsp3) is 0.750. The van der Waals surface area contributed by atoms with Gasteiger partial charge in [-0.15, -0.1) is 0 Å². The van der Waals surface area contributed by atoms with E-state index in [1.165, 1.54) is 32.1 Å². The highest BCUT2D eigenvalue weighted by atomic mass is 15.2. The van der Waals surface area contributed by atoms with Crippen LogP contribution in [0, 0.1) is 5.92 Å². The molecular weight excluding hydrogens is 186 g/mol. The molecule has 1 N–H and O–H groups in total. The molecule has 1 heterocycles. The van der Waals surface area contributed by atoms with Crippen molar-refractivity contribution in [3.8, 4) is 0 Å². The monoisotopic (exact) mass is 207 g/mol. The van der Waals surface area contributed by atoms with Gasteiger partial charge < -0.3 is 9.88 Å². The topological polar surface area (TPSA) is 29.9 Å². The van der Waals surface area contributed by atoms with Crippen LogP contribution in [0.4, 0.5) is 5.95 Å². The van der Waals surface area contributed by atoms with Gasteiger partial charge in [-0.3, -0.25) is 0 Å². The smallest absolute Gasteiger partial charge is 0.202 e. The summed E-state index contributed by atoms with van der Waals surface area (Å²) in [6.45, 7) is 2.30. The van der Waals surface area contributed by atoms with Crippen molar-refractivity contribution < 1.29 is 0 Å². The number of nitrogens with one attached hydrogen (secondary N) is 1. The molecule has 1 aliphatic rings. The second kappa shape index (κ2) is 4.69. The molecule has 2 unspecified atom stereocenters. The van der Waals surface area contributed by atoms with Gasteiger partial charge in [0.2, 0.25) is 5.95 Å². The summed E-state index contributed by atoms with van der Waals surface area (Å²) in [6.07, 6.45) is 10.7. The molecular formula is C12H21N3. The first-order valence-electron chi connectivity index (χ1n) is 6.07. The minimum absolute atomic E-state index is 0.661. The van der Waals surface area contributed by atoms with E-state index in [-0.39, 0.29) is 0 Å². The number of aromatic nitrogens is 2. The lowest BCUT2D eigenvalue weighted by Crippen LogP contribution is -2.23. The average molecular weight is 207 g/mol. The molecule has 0 amide bonds. The van der Waals surface area contributed by atoms with E-state index in [2.05, 4.69) is 28.0 Å². The summed E-state index contributed by atoms with van der Waals surface area (Å²) >= 11 is 0. The van der Waals surface area contributed by atoms with Crippen LogP contribution in [-0.4, -0.2) is 16.6 Å². The van der Waals surface area contributed by atoms with Crippen molar-refractivity contribution in [2.75, 3.05) is 12.4 Å². The molecule has 0 radical (unpaired) electrons. The summed E-state index contributed by atoms with van der Waals surface area (Å²) in [5, 5.41) is 3.17. The van der Waals surface area contributed by atoms with Gasteiger partial charge in [-0.1, -0.05) is 26.2 Å². The molecule has 0 aliphatic heterocycles. The minimum atomic E-state index is 0.661. The largest absolute Gasteiger partial charge is 0.359 e. The van der Waals surface area contributed by atoms with Gasteiger partial charge in [0.1, 0.15) is 0 Å². The van der Waals surface area contributed by atoms with Crippen LogP contribution < -0.4 is 5.32 Å². The molecule has 1 aromatic rings. The number of nitrogens with zero attached hydrogens (tertiary/aromatic N) is 2. The quantitative estimate of drug-likeness (QED) is 0.825. The summed E-state index contributed by atoms with van der Waals surface area (Å²) in [6, 6.07) is 0.661. The summed E-state index contributed by atoms with van der Waals surface area (Å²) in [7, 11) is 1.95. The first-order valence-corrected chi connectivity index (χ1v) is 6.07. The Hall–Kier alpha value is -0.990. The molecule has 1 aliphatic carbocycles. The first-order chi connectivity index (χ1) is 7.36. The van der Waals surface area contributed by atoms with Gasteiger partial charge in [0.25, 0.3) is 0 Å². The number of hydrogen-bond acceptors (Lipinski definition) is 2. The van der Waals surface area contributed by atoms with Crippen LogP contribution in [0.15, 0.2) is 12.4 Å². The summed E-state index contributed by atoms with van der Waals surface area (Å²) in [5.74, 6) is 1.85. The Labute approximate surface area is 91.9 Å². The highest BCUT2D eigenvalue weighted by molar-refractivity contribution is 5.25. The third-order valence-corrected chi connectivity index (χ3v) is 3.64. The Morgan fingerprint density at radius 1 is 1.47 bits per heavy atom. The number of imidazole rings is 1. The summed E-state index contributed by atoms with van der Waals surface area (Å²) < 4.78 is 2.33. The summed E-state index contributed by atoms with van der Waals surface area (Å²) in [5.41, 5.74) is 0. The van der Waals surface area contributed by atoms with E-state index in [1.807, 2.05) is 13.2 Å². The van der Waals surface area contributed by atoms with Crippen LogP contribution in [0.3, 0.4) is 0 Å². The van der Waals surface area contributed by atoms with Crippen LogP contribution in [0.5, 0.6) is 0 Å². The predicted octanol–water partition coefficient (Wildman–Crippen LogP) is 3.07. The van der Waals surface area contributed by atoms with Crippen LogP contribution in [0.25, 0.3) is 0 Å². The Morgan fingerprint density at radius 3 is 3.00 bits per heavy atom. The maximum absolute atomic E-state index is 4.33. The first kappa shape index (κ1) is 10.5. The molecule has 1 saturated carbocycles. The second-order valence-corrected chi connectivity index (χ2v) is 4.43. The third kappa shape index (κ3) is 2.01. The second-order valence-electron chi connectivity index (χ2n) is 4.43. The maximum Gasteiger partial charge on any atom is 0.202 e. The molecule has 2 atom stereocenters. The zero-order chi connectivity index (χ0) is 10.7. The predicted molar refractivity (Wildman–Crippen MR) is 63.1 cm³/mol. The SMILES string of the molecule is CCC1CCCCC1n1ccnc1NC. The molecule has 2 rings (SSSR count). The van der Waals surface area contributed by atoms with Crippen LogP contribution in [0.1, 0.15) is 45.1 Å². The van der Waals surface area contributed by atoms with Gasteiger partial charge in [-0.25, -0.2) is 4.98 Å². The average Bonchev–Trinajstić information content (AvgIpc) is 2.76. The Kier molecular flexibility index (Phi) is 3.29. The van der Waals surface area contributed by atoms with Crippen LogP contribution >= 0.6 is 0 Å². The van der Waals surface area contributed by atoms with Crippen molar-refractivity contribution in [1.29, 1.82) is 0 Å². The van der Waals surface area contributed by atoms with E-state index >= 15 is 0 Å². The van der Waals surface area contributed by atoms with E-state index in [0.29, 0.717) is 6.04 Å².